The summed E-state index contributed by atoms with van der Waals surface area (Å²) in [5.41, 5.74) is 0.516. The molecule has 4 nitrogen and oxygen atoms in total. The van der Waals surface area contributed by atoms with E-state index < -0.39 is 0 Å². The number of nitrogens with zero attached hydrogens (tertiary/aromatic N) is 1. The van der Waals surface area contributed by atoms with Gasteiger partial charge in [-0.05, 0) is 26.2 Å². The van der Waals surface area contributed by atoms with Crippen LogP contribution in [0.15, 0.2) is 0 Å². The number of aromatic amines is 1. The Labute approximate surface area is 102 Å². The first-order chi connectivity index (χ1) is 8.22. The molecule has 4 heteroatoms. The first kappa shape index (κ1) is 12.4. The molecule has 1 aromatic rings. The van der Waals surface area contributed by atoms with Crippen molar-refractivity contribution in [2.45, 2.75) is 58.0 Å². The van der Waals surface area contributed by atoms with E-state index in [0.717, 1.165) is 30.8 Å². The normalized spacial score (nSPS) is 19.4. The van der Waals surface area contributed by atoms with Crippen LogP contribution in [0.3, 0.4) is 0 Å². The summed E-state index contributed by atoms with van der Waals surface area (Å²) in [4.78, 5) is 7.51. The lowest BCUT2D eigenvalue weighted by molar-refractivity contribution is -0.0763. The molecular formula is C13H22N2O2. The number of hydrogen-bond donors (Lipinski definition) is 2. The number of H-pyrrole nitrogens is 1. The second-order valence-corrected chi connectivity index (χ2v) is 4.73. The maximum absolute atomic E-state index is 9.75. The molecule has 1 aliphatic carbocycles. The number of nitrogens with one attached hydrogen (secondary N) is 1. The maximum Gasteiger partial charge on any atom is 0.232 e. The van der Waals surface area contributed by atoms with E-state index in [-0.39, 0.29) is 11.5 Å². The second kappa shape index (κ2) is 5.08. The number of rotatable bonds is 4. The summed E-state index contributed by atoms with van der Waals surface area (Å²) in [6, 6.07) is 0. The molecule has 0 aromatic carbocycles. The van der Waals surface area contributed by atoms with Crippen LogP contribution in [0.2, 0.25) is 0 Å². The highest BCUT2D eigenvalue weighted by atomic mass is 16.5. The van der Waals surface area contributed by atoms with Gasteiger partial charge in [0.2, 0.25) is 5.88 Å². The van der Waals surface area contributed by atoms with Gasteiger partial charge in [0.25, 0.3) is 0 Å². The predicted octanol–water partition coefficient (Wildman–Crippen LogP) is 2.87. The van der Waals surface area contributed by atoms with Crippen molar-refractivity contribution in [1.29, 1.82) is 0 Å². The van der Waals surface area contributed by atoms with Gasteiger partial charge in [0.05, 0.1) is 5.69 Å². The number of imidazole rings is 1. The Morgan fingerprint density at radius 2 is 2.00 bits per heavy atom. The van der Waals surface area contributed by atoms with Crippen molar-refractivity contribution in [2.24, 2.45) is 0 Å². The van der Waals surface area contributed by atoms with E-state index in [1.54, 1.807) is 0 Å². The molecule has 1 saturated carbocycles. The number of aryl methyl sites for hydroxylation is 1. The van der Waals surface area contributed by atoms with E-state index in [0.29, 0.717) is 6.61 Å². The van der Waals surface area contributed by atoms with Gasteiger partial charge < -0.3 is 14.8 Å². The molecule has 0 bridgehead atoms. The molecule has 0 amide bonds. The second-order valence-electron chi connectivity index (χ2n) is 4.73. The van der Waals surface area contributed by atoms with Gasteiger partial charge in [-0.2, -0.15) is 4.98 Å². The van der Waals surface area contributed by atoms with Gasteiger partial charge in [-0.15, -0.1) is 0 Å². The summed E-state index contributed by atoms with van der Waals surface area (Å²) in [5.74, 6) is 0.945. The van der Waals surface area contributed by atoms with Crippen molar-refractivity contribution in [1.82, 2.24) is 9.97 Å². The van der Waals surface area contributed by atoms with Crippen molar-refractivity contribution >= 4 is 0 Å². The molecule has 2 rings (SSSR count). The molecule has 0 saturated heterocycles. The Bertz CT molecular complexity index is 362. The molecule has 1 fully saturated rings. The van der Waals surface area contributed by atoms with Crippen LogP contribution in [0, 0.1) is 0 Å². The van der Waals surface area contributed by atoms with Crippen molar-refractivity contribution in [3.05, 3.63) is 11.5 Å². The first-order valence-electron chi connectivity index (χ1n) is 6.64. The third-order valence-electron chi connectivity index (χ3n) is 3.62. The molecular weight excluding hydrogens is 216 g/mol. The van der Waals surface area contributed by atoms with E-state index >= 15 is 0 Å². The number of hydrogen-bond acceptors (Lipinski definition) is 3. The Kier molecular flexibility index (Phi) is 3.72. The highest BCUT2D eigenvalue weighted by Crippen LogP contribution is 2.40. The average Bonchev–Trinajstić information content (AvgIpc) is 2.73. The molecule has 17 heavy (non-hydrogen) atoms. The van der Waals surface area contributed by atoms with Crippen molar-refractivity contribution in [3.63, 3.8) is 0 Å². The van der Waals surface area contributed by atoms with Crippen LogP contribution in [-0.2, 0) is 16.8 Å². The van der Waals surface area contributed by atoms with Crippen LogP contribution in [-0.4, -0.2) is 21.7 Å². The van der Waals surface area contributed by atoms with E-state index in [1.807, 2.05) is 13.8 Å². The summed E-state index contributed by atoms with van der Waals surface area (Å²) in [6.07, 6.45) is 6.36. The zero-order valence-corrected chi connectivity index (χ0v) is 10.8. The van der Waals surface area contributed by atoms with Gasteiger partial charge in [-0.3, -0.25) is 0 Å². The zero-order chi connectivity index (χ0) is 12.3. The van der Waals surface area contributed by atoms with Crippen LogP contribution < -0.4 is 0 Å². The lowest BCUT2D eigenvalue weighted by Crippen LogP contribution is -2.33. The molecule has 1 heterocycles. The average molecular weight is 238 g/mol. The summed E-state index contributed by atoms with van der Waals surface area (Å²) < 4.78 is 5.96. The van der Waals surface area contributed by atoms with Crippen LogP contribution >= 0.6 is 0 Å². The smallest absolute Gasteiger partial charge is 0.232 e. The SMILES string of the molecule is CCOC1(c2nc(O)c(CC)[nH]2)CCCCC1. The van der Waals surface area contributed by atoms with Gasteiger partial charge in [0.15, 0.2) is 0 Å². The third-order valence-corrected chi connectivity index (χ3v) is 3.62. The molecule has 0 spiro atoms. The topological polar surface area (TPSA) is 58.1 Å². The highest BCUT2D eigenvalue weighted by Gasteiger charge is 2.38. The number of aromatic nitrogens is 2. The van der Waals surface area contributed by atoms with Crippen LogP contribution in [0.4, 0.5) is 0 Å². The summed E-state index contributed by atoms with van der Waals surface area (Å²) in [6.45, 7) is 4.70. The molecule has 0 radical (unpaired) electrons. The molecule has 1 aromatic heterocycles. The minimum atomic E-state index is -0.294. The van der Waals surface area contributed by atoms with Crippen LogP contribution in [0.5, 0.6) is 5.88 Å². The molecule has 96 valence electrons. The molecule has 0 aliphatic heterocycles. The van der Waals surface area contributed by atoms with Crippen molar-refractivity contribution in [3.8, 4) is 5.88 Å². The largest absolute Gasteiger partial charge is 0.492 e. The van der Waals surface area contributed by atoms with Gasteiger partial charge in [-0.25, -0.2) is 0 Å². The number of ether oxygens (including phenoxy) is 1. The summed E-state index contributed by atoms with van der Waals surface area (Å²) in [7, 11) is 0. The third kappa shape index (κ3) is 2.32. The first-order valence-corrected chi connectivity index (χ1v) is 6.64. The van der Waals surface area contributed by atoms with E-state index in [9.17, 15) is 5.11 Å². The molecule has 2 N–H and O–H groups in total. The monoisotopic (exact) mass is 238 g/mol. The van der Waals surface area contributed by atoms with Gasteiger partial charge in [-0.1, -0.05) is 26.2 Å². The van der Waals surface area contributed by atoms with Gasteiger partial charge in [0.1, 0.15) is 11.4 Å². The fourth-order valence-corrected chi connectivity index (χ4v) is 2.71. The quantitative estimate of drug-likeness (QED) is 0.848. The van der Waals surface area contributed by atoms with Crippen molar-refractivity contribution < 1.29 is 9.84 Å². The standard InChI is InChI=1S/C13H22N2O2/c1-3-10-11(16)15-12(14-10)13(17-4-2)8-6-5-7-9-13/h16H,3-9H2,1-2H3,(H,14,15). The lowest BCUT2D eigenvalue weighted by atomic mass is 9.84. The van der Waals surface area contributed by atoms with E-state index in [4.69, 9.17) is 4.74 Å². The number of aromatic hydroxyl groups is 1. The minimum absolute atomic E-state index is 0.132. The van der Waals surface area contributed by atoms with Crippen LogP contribution in [0.25, 0.3) is 0 Å². The fourth-order valence-electron chi connectivity index (χ4n) is 2.71. The van der Waals surface area contributed by atoms with Crippen molar-refractivity contribution in [2.75, 3.05) is 6.61 Å². The van der Waals surface area contributed by atoms with Gasteiger partial charge >= 0.3 is 0 Å². The zero-order valence-electron chi connectivity index (χ0n) is 10.8. The van der Waals surface area contributed by atoms with Crippen LogP contribution in [0.1, 0.15) is 57.5 Å². The highest BCUT2D eigenvalue weighted by molar-refractivity contribution is 5.22. The molecule has 0 unspecified atom stereocenters. The summed E-state index contributed by atoms with van der Waals surface area (Å²) >= 11 is 0. The Morgan fingerprint density at radius 1 is 1.29 bits per heavy atom. The molecule has 1 aliphatic rings. The predicted molar refractivity (Wildman–Crippen MR) is 66.0 cm³/mol. The Balaban J connectivity index is 2.30. The molecule has 0 atom stereocenters. The summed E-state index contributed by atoms with van der Waals surface area (Å²) in [5, 5.41) is 9.75. The Hall–Kier alpha value is -1.03. The minimum Gasteiger partial charge on any atom is -0.492 e. The lowest BCUT2D eigenvalue weighted by Gasteiger charge is -2.35. The fraction of sp³-hybridized carbons (Fsp3) is 0.769. The van der Waals surface area contributed by atoms with E-state index in [2.05, 4.69) is 9.97 Å². The maximum atomic E-state index is 9.75. The van der Waals surface area contributed by atoms with E-state index in [1.165, 1.54) is 19.3 Å². The van der Waals surface area contributed by atoms with Gasteiger partial charge in [0, 0.05) is 6.61 Å². The Morgan fingerprint density at radius 3 is 2.53 bits per heavy atom.